The Balaban J connectivity index is 4.36. The minimum absolute atomic E-state index is 0.0224. The quantitative estimate of drug-likeness (QED) is 0.714. The number of hydrogen-bond acceptors (Lipinski definition) is 3. The number of rotatable bonds is 7. The maximum Gasteiger partial charge on any atom is 0.239 e. The van der Waals surface area contributed by atoms with Crippen molar-refractivity contribution in [2.45, 2.75) is 46.1 Å². The van der Waals surface area contributed by atoms with Gasteiger partial charge in [-0.3, -0.25) is 4.79 Å². The molecule has 1 unspecified atom stereocenters. The zero-order valence-corrected chi connectivity index (χ0v) is 10.6. The molecule has 2 N–H and O–H groups in total. The lowest BCUT2D eigenvalue weighted by Gasteiger charge is -2.26. The van der Waals surface area contributed by atoms with Crippen molar-refractivity contribution in [2.75, 3.05) is 13.1 Å². The molecule has 92 valence electrons. The third kappa shape index (κ3) is 5.72. The molecule has 0 aliphatic heterocycles. The molecule has 4 heteroatoms. The van der Waals surface area contributed by atoms with Crippen LogP contribution < -0.4 is 5.73 Å². The SMILES string of the molecule is CCCC(N)C(=O)N(CCC#N)CC(C)C. The van der Waals surface area contributed by atoms with E-state index < -0.39 is 6.04 Å². The van der Waals surface area contributed by atoms with Crippen molar-refractivity contribution in [1.29, 1.82) is 5.26 Å². The number of amides is 1. The van der Waals surface area contributed by atoms with Gasteiger partial charge < -0.3 is 10.6 Å². The fourth-order valence-electron chi connectivity index (χ4n) is 1.59. The van der Waals surface area contributed by atoms with Crippen LogP contribution in [0.3, 0.4) is 0 Å². The van der Waals surface area contributed by atoms with Gasteiger partial charge in [-0.15, -0.1) is 0 Å². The van der Waals surface area contributed by atoms with E-state index in [0.29, 0.717) is 31.8 Å². The highest BCUT2D eigenvalue weighted by Gasteiger charge is 2.20. The first-order valence-electron chi connectivity index (χ1n) is 5.94. The van der Waals surface area contributed by atoms with E-state index in [1.807, 2.05) is 6.92 Å². The van der Waals surface area contributed by atoms with E-state index in [2.05, 4.69) is 19.9 Å². The predicted molar refractivity (Wildman–Crippen MR) is 64.5 cm³/mol. The number of hydrogen-bond donors (Lipinski definition) is 1. The number of carbonyl (C=O) groups is 1. The Hall–Kier alpha value is -1.08. The maximum atomic E-state index is 12.0. The van der Waals surface area contributed by atoms with Crippen LogP contribution in [0, 0.1) is 17.2 Å². The molecule has 0 radical (unpaired) electrons. The van der Waals surface area contributed by atoms with E-state index in [1.54, 1.807) is 4.90 Å². The Morgan fingerprint density at radius 1 is 1.50 bits per heavy atom. The second-order valence-electron chi connectivity index (χ2n) is 4.48. The second-order valence-corrected chi connectivity index (χ2v) is 4.48. The van der Waals surface area contributed by atoms with Crippen molar-refractivity contribution in [3.63, 3.8) is 0 Å². The summed E-state index contributed by atoms with van der Waals surface area (Å²) in [5.74, 6) is 0.377. The molecule has 0 bridgehead atoms. The summed E-state index contributed by atoms with van der Waals surface area (Å²) < 4.78 is 0. The topological polar surface area (TPSA) is 70.1 Å². The van der Waals surface area contributed by atoms with Gasteiger partial charge in [-0.05, 0) is 12.3 Å². The maximum absolute atomic E-state index is 12.0. The lowest BCUT2D eigenvalue weighted by molar-refractivity contribution is -0.133. The number of nitrogens with two attached hydrogens (primary N) is 1. The molecule has 4 nitrogen and oxygen atoms in total. The molecule has 0 aliphatic rings. The number of nitrogens with zero attached hydrogens (tertiary/aromatic N) is 2. The van der Waals surface area contributed by atoms with Crippen molar-refractivity contribution >= 4 is 5.91 Å². The fraction of sp³-hybridized carbons (Fsp3) is 0.833. The molecular weight excluding hydrogens is 202 g/mol. The summed E-state index contributed by atoms with van der Waals surface area (Å²) in [5, 5.41) is 8.55. The molecule has 0 aromatic rings. The monoisotopic (exact) mass is 225 g/mol. The van der Waals surface area contributed by atoms with Crippen LogP contribution in [0.5, 0.6) is 0 Å². The summed E-state index contributed by atoms with van der Waals surface area (Å²) in [7, 11) is 0. The predicted octanol–water partition coefficient (Wildman–Crippen LogP) is 1.51. The first-order valence-corrected chi connectivity index (χ1v) is 5.94. The first kappa shape index (κ1) is 14.9. The minimum Gasteiger partial charge on any atom is -0.340 e. The minimum atomic E-state index is -0.414. The Morgan fingerprint density at radius 3 is 2.56 bits per heavy atom. The van der Waals surface area contributed by atoms with Gasteiger partial charge in [0.25, 0.3) is 0 Å². The first-order chi connectivity index (χ1) is 7.52. The zero-order valence-electron chi connectivity index (χ0n) is 10.6. The molecule has 0 fully saturated rings. The van der Waals surface area contributed by atoms with Crippen LogP contribution in [0.4, 0.5) is 0 Å². The molecule has 0 rings (SSSR count). The normalized spacial score (nSPS) is 12.2. The van der Waals surface area contributed by atoms with E-state index in [1.165, 1.54) is 0 Å². The number of nitriles is 1. The average Bonchev–Trinajstić information content (AvgIpc) is 2.23. The summed E-state index contributed by atoms with van der Waals surface area (Å²) in [6.07, 6.45) is 1.98. The number of carbonyl (C=O) groups excluding carboxylic acids is 1. The molecule has 0 aromatic carbocycles. The van der Waals surface area contributed by atoms with Crippen LogP contribution in [0.2, 0.25) is 0 Å². The van der Waals surface area contributed by atoms with Gasteiger partial charge in [0.15, 0.2) is 0 Å². The summed E-state index contributed by atoms with van der Waals surface area (Å²) in [5.41, 5.74) is 5.80. The average molecular weight is 225 g/mol. The third-order valence-electron chi connectivity index (χ3n) is 2.31. The van der Waals surface area contributed by atoms with Crippen LogP contribution in [0.1, 0.15) is 40.0 Å². The Morgan fingerprint density at radius 2 is 2.12 bits per heavy atom. The van der Waals surface area contributed by atoms with Crippen LogP contribution >= 0.6 is 0 Å². The fourth-order valence-corrected chi connectivity index (χ4v) is 1.59. The van der Waals surface area contributed by atoms with Gasteiger partial charge in [0.05, 0.1) is 18.5 Å². The molecule has 16 heavy (non-hydrogen) atoms. The molecular formula is C12H23N3O. The Labute approximate surface area is 98.4 Å². The second kappa shape index (κ2) is 8.12. The summed E-state index contributed by atoms with van der Waals surface area (Å²) >= 11 is 0. The molecule has 0 aliphatic carbocycles. The van der Waals surface area contributed by atoms with Gasteiger partial charge in [-0.1, -0.05) is 27.2 Å². The van der Waals surface area contributed by atoms with E-state index in [-0.39, 0.29) is 5.91 Å². The molecule has 0 spiro atoms. The highest BCUT2D eigenvalue weighted by molar-refractivity contribution is 5.81. The van der Waals surface area contributed by atoms with Crippen molar-refractivity contribution in [3.8, 4) is 6.07 Å². The van der Waals surface area contributed by atoms with Crippen LogP contribution in [-0.4, -0.2) is 29.9 Å². The standard InChI is InChI=1S/C12H23N3O/c1-4-6-11(14)12(16)15(8-5-7-13)9-10(2)3/h10-11H,4-6,8-9,14H2,1-3H3. The van der Waals surface area contributed by atoms with Crippen LogP contribution in [-0.2, 0) is 4.79 Å². The molecule has 1 atom stereocenters. The van der Waals surface area contributed by atoms with Gasteiger partial charge in [0, 0.05) is 13.1 Å². The van der Waals surface area contributed by atoms with Crippen molar-refractivity contribution in [3.05, 3.63) is 0 Å². The third-order valence-corrected chi connectivity index (χ3v) is 2.31. The van der Waals surface area contributed by atoms with Gasteiger partial charge >= 0.3 is 0 Å². The lowest BCUT2D eigenvalue weighted by atomic mass is 10.1. The summed E-state index contributed by atoms with van der Waals surface area (Å²) in [4.78, 5) is 13.7. The van der Waals surface area contributed by atoms with E-state index >= 15 is 0 Å². The van der Waals surface area contributed by atoms with E-state index in [4.69, 9.17) is 11.0 Å². The van der Waals surface area contributed by atoms with Crippen LogP contribution in [0.25, 0.3) is 0 Å². The Bertz CT molecular complexity index is 245. The van der Waals surface area contributed by atoms with Gasteiger partial charge in [0.2, 0.25) is 5.91 Å². The highest BCUT2D eigenvalue weighted by Crippen LogP contribution is 2.05. The molecule has 0 saturated carbocycles. The molecule has 1 amide bonds. The van der Waals surface area contributed by atoms with Crippen molar-refractivity contribution < 1.29 is 4.79 Å². The summed E-state index contributed by atoms with van der Waals surface area (Å²) in [6, 6.07) is 1.65. The highest BCUT2D eigenvalue weighted by atomic mass is 16.2. The Kier molecular flexibility index (Phi) is 7.57. The molecule has 0 aromatic heterocycles. The van der Waals surface area contributed by atoms with Crippen molar-refractivity contribution in [1.82, 2.24) is 4.90 Å². The van der Waals surface area contributed by atoms with E-state index in [0.717, 1.165) is 6.42 Å². The van der Waals surface area contributed by atoms with Crippen LogP contribution in [0.15, 0.2) is 0 Å². The lowest BCUT2D eigenvalue weighted by Crippen LogP contribution is -2.45. The van der Waals surface area contributed by atoms with Gasteiger partial charge in [0.1, 0.15) is 0 Å². The summed E-state index contributed by atoms with van der Waals surface area (Å²) in [6.45, 7) is 7.29. The molecule has 0 saturated heterocycles. The smallest absolute Gasteiger partial charge is 0.239 e. The zero-order chi connectivity index (χ0) is 12.6. The largest absolute Gasteiger partial charge is 0.340 e. The van der Waals surface area contributed by atoms with E-state index in [9.17, 15) is 4.79 Å². The van der Waals surface area contributed by atoms with Gasteiger partial charge in [-0.25, -0.2) is 0 Å². The van der Waals surface area contributed by atoms with Crippen molar-refractivity contribution in [2.24, 2.45) is 11.7 Å². The van der Waals surface area contributed by atoms with Gasteiger partial charge in [-0.2, -0.15) is 5.26 Å². The molecule has 0 heterocycles.